The molecular formula is C16H20O2. The van der Waals surface area contributed by atoms with Gasteiger partial charge in [-0.3, -0.25) is 5.26 Å². The fourth-order valence-electron chi connectivity index (χ4n) is 2.49. The molecule has 2 heteroatoms. The van der Waals surface area contributed by atoms with Crippen molar-refractivity contribution in [3.63, 3.8) is 0 Å². The van der Waals surface area contributed by atoms with Crippen molar-refractivity contribution in [3.8, 4) is 0 Å². The van der Waals surface area contributed by atoms with Crippen LogP contribution in [0.1, 0.15) is 44.7 Å². The minimum atomic E-state index is -0.708. The van der Waals surface area contributed by atoms with Crippen LogP contribution in [-0.2, 0) is 10.5 Å². The third-order valence-corrected chi connectivity index (χ3v) is 3.41. The molecule has 0 aliphatic carbocycles. The summed E-state index contributed by atoms with van der Waals surface area (Å²) in [6, 6.07) is 12.5. The Hall–Kier alpha value is -1.38. The summed E-state index contributed by atoms with van der Waals surface area (Å²) < 4.78 is 0. The van der Waals surface area contributed by atoms with Gasteiger partial charge in [-0.2, -0.15) is 0 Å². The summed E-state index contributed by atoms with van der Waals surface area (Å²) in [6.07, 6.45) is 0. The van der Waals surface area contributed by atoms with Crippen molar-refractivity contribution in [2.45, 2.75) is 39.2 Å². The highest BCUT2D eigenvalue weighted by molar-refractivity contribution is 5.87. The molecule has 2 aromatic carbocycles. The van der Waals surface area contributed by atoms with Crippen LogP contribution in [0.25, 0.3) is 10.8 Å². The molecule has 0 aromatic heterocycles. The predicted octanol–water partition coefficient (Wildman–Crippen LogP) is 4.69. The molecule has 0 radical (unpaired) electrons. The molecule has 0 aliphatic rings. The van der Waals surface area contributed by atoms with Crippen molar-refractivity contribution < 1.29 is 10.1 Å². The lowest BCUT2D eigenvalue weighted by atomic mass is 9.84. The van der Waals surface area contributed by atoms with E-state index in [0.29, 0.717) is 5.92 Å². The minimum Gasteiger partial charge on any atom is -0.251 e. The highest BCUT2D eigenvalue weighted by atomic mass is 17.1. The van der Waals surface area contributed by atoms with Gasteiger partial charge in [0, 0.05) is 0 Å². The maximum Gasteiger partial charge on any atom is 0.123 e. The number of rotatable bonds is 3. The van der Waals surface area contributed by atoms with Gasteiger partial charge in [-0.15, -0.1) is 0 Å². The molecule has 18 heavy (non-hydrogen) atoms. The van der Waals surface area contributed by atoms with Gasteiger partial charge in [-0.25, -0.2) is 4.89 Å². The van der Waals surface area contributed by atoms with Crippen molar-refractivity contribution >= 4 is 10.8 Å². The molecule has 0 bridgehead atoms. The van der Waals surface area contributed by atoms with Crippen molar-refractivity contribution in [3.05, 3.63) is 47.5 Å². The standard InChI is InChI=1S/C16H20O2/c1-11(2)13-10-9-12-7-5-6-8-14(12)15(13)16(3,4)18-17/h5-11,17H,1-4H3. The van der Waals surface area contributed by atoms with Gasteiger partial charge in [0.2, 0.25) is 0 Å². The number of fused-ring (bicyclic) bond motifs is 1. The van der Waals surface area contributed by atoms with Crippen LogP contribution in [0.15, 0.2) is 36.4 Å². The van der Waals surface area contributed by atoms with Crippen molar-refractivity contribution in [1.29, 1.82) is 0 Å². The summed E-state index contributed by atoms with van der Waals surface area (Å²) in [6.45, 7) is 8.09. The maximum atomic E-state index is 9.21. The highest BCUT2D eigenvalue weighted by Crippen LogP contribution is 2.36. The van der Waals surface area contributed by atoms with E-state index < -0.39 is 5.60 Å². The average molecular weight is 244 g/mol. The largest absolute Gasteiger partial charge is 0.251 e. The normalized spacial score (nSPS) is 12.3. The van der Waals surface area contributed by atoms with E-state index in [2.05, 4.69) is 38.1 Å². The fraction of sp³-hybridized carbons (Fsp3) is 0.375. The van der Waals surface area contributed by atoms with Crippen molar-refractivity contribution in [1.82, 2.24) is 0 Å². The van der Waals surface area contributed by atoms with E-state index in [0.717, 1.165) is 10.9 Å². The topological polar surface area (TPSA) is 29.5 Å². The molecule has 0 fully saturated rings. The van der Waals surface area contributed by atoms with E-state index in [4.69, 9.17) is 4.89 Å². The molecule has 96 valence electrons. The van der Waals surface area contributed by atoms with E-state index in [1.807, 2.05) is 26.0 Å². The highest BCUT2D eigenvalue weighted by Gasteiger charge is 2.27. The number of hydrogen-bond donors (Lipinski definition) is 1. The van der Waals surface area contributed by atoms with Gasteiger partial charge in [0.25, 0.3) is 0 Å². The van der Waals surface area contributed by atoms with Crippen molar-refractivity contribution in [2.75, 3.05) is 0 Å². The first-order valence-corrected chi connectivity index (χ1v) is 6.32. The zero-order valence-electron chi connectivity index (χ0n) is 11.4. The molecule has 2 rings (SSSR count). The Morgan fingerprint density at radius 3 is 2.33 bits per heavy atom. The van der Waals surface area contributed by atoms with E-state index >= 15 is 0 Å². The van der Waals surface area contributed by atoms with E-state index in [1.165, 1.54) is 10.9 Å². The lowest BCUT2D eigenvalue weighted by molar-refractivity contribution is -0.318. The predicted molar refractivity (Wildman–Crippen MR) is 74.8 cm³/mol. The SMILES string of the molecule is CC(C)c1ccc2ccccc2c1C(C)(C)OO. The molecule has 0 atom stereocenters. The smallest absolute Gasteiger partial charge is 0.123 e. The Kier molecular flexibility index (Phi) is 3.42. The first-order chi connectivity index (χ1) is 8.47. The number of hydrogen-bond acceptors (Lipinski definition) is 2. The molecule has 0 amide bonds. The second kappa shape index (κ2) is 4.71. The summed E-state index contributed by atoms with van der Waals surface area (Å²) in [5.41, 5.74) is 1.58. The number of benzene rings is 2. The van der Waals surface area contributed by atoms with E-state index in [1.54, 1.807) is 0 Å². The molecule has 0 saturated carbocycles. The van der Waals surface area contributed by atoms with Crippen molar-refractivity contribution in [2.24, 2.45) is 0 Å². The molecule has 2 aromatic rings. The first kappa shape index (κ1) is 13.1. The zero-order valence-corrected chi connectivity index (χ0v) is 11.4. The molecule has 0 unspecified atom stereocenters. The van der Waals surface area contributed by atoms with Crippen LogP contribution in [0.3, 0.4) is 0 Å². The van der Waals surface area contributed by atoms with Gasteiger partial charge in [0.05, 0.1) is 0 Å². The van der Waals surface area contributed by atoms with Gasteiger partial charge < -0.3 is 0 Å². The summed E-state index contributed by atoms with van der Waals surface area (Å²) in [7, 11) is 0. The zero-order chi connectivity index (χ0) is 13.3. The van der Waals surface area contributed by atoms with Gasteiger partial charge in [0.1, 0.15) is 5.60 Å². The molecule has 0 spiro atoms. The van der Waals surface area contributed by atoms with Crippen LogP contribution in [-0.4, -0.2) is 5.26 Å². The summed E-state index contributed by atoms with van der Waals surface area (Å²) >= 11 is 0. The van der Waals surface area contributed by atoms with Crippen LogP contribution in [0.2, 0.25) is 0 Å². The maximum absolute atomic E-state index is 9.21. The van der Waals surface area contributed by atoms with Gasteiger partial charge in [-0.05, 0) is 41.7 Å². The fourth-order valence-corrected chi connectivity index (χ4v) is 2.49. The van der Waals surface area contributed by atoms with Crippen LogP contribution in [0.5, 0.6) is 0 Å². The van der Waals surface area contributed by atoms with E-state index in [-0.39, 0.29) is 0 Å². The molecule has 1 N–H and O–H groups in total. The van der Waals surface area contributed by atoms with Gasteiger partial charge in [0.15, 0.2) is 0 Å². The lowest BCUT2D eigenvalue weighted by Gasteiger charge is -2.27. The minimum absolute atomic E-state index is 0.388. The Labute approximate surface area is 108 Å². The molecule has 2 nitrogen and oxygen atoms in total. The Balaban J connectivity index is 2.83. The third kappa shape index (κ3) is 2.14. The van der Waals surface area contributed by atoms with E-state index in [9.17, 15) is 5.26 Å². The average Bonchev–Trinajstić information content (AvgIpc) is 2.37. The monoisotopic (exact) mass is 244 g/mol. The summed E-state index contributed by atoms with van der Waals surface area (Å²) in [4.78, 5) is 4.72. The van der Waals surface area contributed by atoms with Crippen LogP contribution >= 0.6 is 0 Å². The first-order valence-electron chi connectivity index (χ1n) is 6.32. The van der Waals surface area contributed by atoms with Crippen LogP contribution in [0, 0.1) is 0 Å². The molecule has 0 saturated heterocycles. The van der Waals surface area contributed by atoms with Gasteiger partial charge >= 0.3 is 0 Å². The Bertz CT molecular complexity index is 556. The Morgan fingerprint density at radius 2 is 1.72 bits per heavy atom. The lowest BCUT2D eigenvalue weighted by Crippen LogP contribution is -2.22. The second-order valence-electron chi connectivity index (χ2n) is 5.51. The molecular weight excluding hydrogens is 224 g/mol. The summed E-state index contributed by atoms with van der Waals surface area (Å²) in [5, 5.41) is 11.5. The second-order valence-corrected chi connectivity index (χ2v) is 5.51. The quantitative estimate of drug-likeness (QED) is 0.627. The summed E-state index contributed by atoms with van der Waals surface area (Å²) in [5.74, 6) is 0.388. The Morgan fingerprint density at radius 1 is 1.06 bits per heavy atom. The van der Waals surface area contributed by atoms with Crippen LogP contribution in [0.4, 0.5) is 0 Å². The third-order valence-electron chi connectivity index (χ3n) is 3.41. The van der Waals surface area contributed by atoms with Gasteiger partial charge in [-0.1, -0.05) is 50.2 Å². The molecule has 0 aliphatic heterocycles. The molecule has 0 heterocycles. The van der Waals surface area contributed by atoms with Crippen LogP contribution < -0.4 is 0 Å².